The maximum atomic E-state index is 5.78. The molecule has 3 N–H and O–H groups in total. The molecule has 3 aromatic heterocycles. The second-order valence-corrected chi connectivity index (χ2v) is 3.12. The fraction of sp³-hybridized carbons (Fsp3) is 0. The van der Waals surface area contributed by atoms with Gasteiger partial charge in [-0.05, 0) is 12.1 Å². The molecule has 0 atom stereocenters. The summed E-state index contributed by atoms with van der Waals surface area (Å²) in [7, 11) is 0. The van der Waals surface area contributed by atoms with Crippen LogP contribution in [0, 0.1) is 0 Å². The molecule has 0 spiro atoms. The highest BCUT2D eigenvalue weighted by Crippen LogP contribution is 2.21. The second-order valence-electron chi connectivity index (χ2n) is 3.12. The summed E-state index contributed by atoms with van der Waals surface area (Å²) in [5.41, 5.74) is 6.43. The van der Waals surface area contributed by atoms with Crippen molar-refractivity contribution in [2.24, 2.45) is 0 Å². The Bertz CT molecular complexity index is 594. The van der Waals surface area contributed by atoms with E-state index >= 15 is 0 Å². The fourth-order valence-electron chi connectivity index (χ4n) is 1.53. The van der Waals surface area contributed by atoms with Crippen LogP contribution in [0.15, 0.2) is 30.9 Å². The average Bonchev–Trinajstić information content (AvgIpc) is 2.85. The van der Waals surface area contributed by atoms with Gasteiger partial charge in [0.05, 0.1) is 0 Å². The Balaban J connectivity index is 2.37. The minimum Gasteiger partial charge on any atom is -0.383 e. The molecule has 0 bridgehead atoms. The molecule has 6 heteroatoms. The molecule has 15 heavy (non-hydrogen) atoms. The normalized spacial score (nSPS) is 10.9. The van der Waals surface area contributed by atoms with Crippen LogP contribution in [0.3, 0.4) is 0 Å². The number of nitrogens with two attached hydrogens (primary N) is 1. The van der Waals surface area contributed by atoms with Gasteiger partial charge in [0, 0.05) is 12.4 Å². The van der Waals surface area contributed by atoms with Crippen molar-refractivity contribution in [2.45, 2.75) is 0 Å². The lowest BCUT2D eigenvalue weighted by Crippen LogP contribution is -1.96. The van der Waals surface area contributed by atoms with Gasteiger partial charge in [-0.25, -0.2) is 9.97 Å². The lowest BCUT2D eigenvalue weighted by atomic mass is 10.3. The summed E-state index contributed by atoms with van der Waals surface area (Å²) in [5, 5.41) is 7.71. The molecule has 0 radical (unpaired) electrons. The number of aromatic nitrogens is 5. The molecule has 3 aromatic rings. The van der Waals surface area contributed by atoms with Gasteiger partial charge >= 0.3 is 0 Å². The van der Waals surface area contributed by atoms with Gasteiger partial charge in [-0.15, -0.1) is 0 Å². The number of nitrogens with one attached hydrogen (secondary N) is 1. The average molecular weight is 200 g/mol. The van der Waals surface area contributed by atoms with Gasteiger partial charge in [0.2, 0.25) is 0 Å². The van der Waals surface area contributed by atoms with Gasteiger partial charge in [0.25, 0.3) is 0 Å². The smallest absolute Gasteiger partial charge is 0.171 e. The van der Waals surface area contributed by atoms with Crippen LogP contribution in [-0.2, 0) is 0 Å². The Morgan fingerprint density at radius 2 is 2.00 bits per heavy atom. The molecule has 3 heterocycles. The molecular weight excluding hydrogens is 192 g/mol. The third-order valence-corrected chi connectivity index (χ3v) is 2.22. The molecule has 6 nitrogen and oxygen atoms in total. The lowest BCUT2D eigenvalue weighted by Gasteiger charge is -1.98. The summed E-state index contributed by atoms with van der Waals surface area (Å²) in [6, 6.07) is 3.83. The SMILES string of the molecule is Nc1ncnc2[nH]nc(-n3cccc3)c12. The Morgan fingerprint density at radius 3 is 2.80 bits per heavy atom. The van der Waals surface area contributed by atoms with Crippen molar-refractivity contribution in [3.63, 3.8) is 0 Å². The van der Waals surface area contributed by atoms with Crippen molar-refractivity contribution in [2.75, 3.05) is 5.73 Å². The minimum atomic E-state index is 0.428. The molecule has 0 unspecified atom stereocenters. The Hall–Kier alpha value is -2.37. The van der Waals surface area contributed by atoms with E-state index in [9.17, 15) is 0 Å². The van der Waals surface area contributed by atoms with E-state index in [0.29, 0.717) is 17.3 Å². The zero-order valence-electron chi connectivity index (χ0n) is 7.75. The van der Waals surface area contributed by atoms with Crippen LogP contribution in [0.2, 0.25) is 0 Å². The van der Waals surface area contributed by atoms with Crippen molar-refractivity contribution in [3.05, 3.63) is 30.9 Å². The molecule has 0 saturated heterocycles. The van der Waals surface area contributed by atoms with Crippen LogP contribution < -0.4 is 5.73 Å². The van der Waals surface area contributed by atoms with E-state index in [0.717, 1.165) is 5.39 Å². The number of hydrogen-bond acceptors (Lipinski definition) is 4. The number of aromatic amines is 1. The van der Waals surface area contributed by atoms with Gasteiger partial charge < -0.3 is 10.3 Å². The van der Waals surface area contributed by atoms with Crippen LogP contribution in [0.4, 0.5) is 5.82 Å². The first kappa shape index (κ1) is 7.98. The molecular formula is C9H8N6. The summed E-state index contributed by atoms with van der Waals surface area (Å²) < 4.78 is 1.86. The van der Waals surface area contributed by atoms with E-state index in [1.54, 1.807) is 0 Å². The predicted octanol–water partition coefficient (Wildman–Crippen LogP) is 0.726. The molecule has 0 fully saturated rings. The zero-order chi connectivity index (χ0) is 10.3. The monoisotopic (exact) mass is 200 g/mol. The number of nitrogen functional groups attached to an aromatic ring is 1. The molecule has 0 amide bonds. The van der Waals surface area contributed by atoms with E-state index in [-0.39, 0.29) is 0 Å². The van der Waals surface area contributed by atoms with Crippen molar-refractivity contribution < 1.29 is 0 Å². The van der Waals surface area contributed by atoms with Crippen molar-refractivity contribution >= 4 is 16.9 Å². The van der Waals surface area contributed by atoms with Gasteiger partial charge in [0.15, 0.2) is 11.5 Å². The van der Waals surface area contributed by atoms with Gasteiger partial charge in [0.1, 0.15) is 17.5 Å². The first-order valence-corrected chi connectivity index (χ1v) is 4.44. The highest BCUT2D eigenvalue weighted by Gasteiger charge is 2.11. The standard InChI is InChI=1S/C9H8N6/c10-7-6-8(12-5-11-7)13-14-9(6)15-3-1-2-4-15/h1-5H,(H3,10,11,12,13,14). The van der Waals surface area contributed by atoms with Crippen LogP contribution in [0.25, 0.3) is 16.9 Å². The molecule has 0 aliphatic heterocycles. The van der Waals surface area contributed by atoms with Gasteiger partial charge in [-0.2, -0.15) is 5.10 Å². The van der Waals surface area contributed by atoms with E-state index in [2.05, 4.69) is 20.2 Å². The number of H-pyrrole nitrogens is 1. The molecule has 74 valence electrons. The van der Waals surface area contributed by atoms with Crippen molar-refractivity contribution in [3.8, 4) is 5.82 Å². The van der Waals surface area contributed by atoms with Gasteiger partial charge in [-0.1, -0.05) is 0 Å². The quantitative estimate of drug-likeness (QED) is 0.606. The van der Waals surface area contributed by atoms with Crippen LogP contribution in [-0.4, -0.2) is 24.7 Å². The first-order chi connectivity index (χ1) is 7.36. The second kappa shape index (κ2) is 2.81. The Labute approximate surface area is 84.8 Å². The highest BCUT2D eigenvalue weighted by molar-refractivity contribution is 5.91. The third kappa shape index (κ3) is 1.08. The first-order valence-electron chi connectivity index (χ1n) is 4.44. The predicted molar refractivity (Wildman–Crippen MR) is 55.4 cm³/mol. The van der Waals surface area contributed by atoms with Crippen LogP contribution in [0.1, 0.15) is 0 Å². The Morgan fingerprint density at radius 1 is 1.20 bits per heavy atom. The highest BCUT2D eigenvalue weighted by atomic mass is 15.2. The number of hydrogen-bond donors (Lipinski definition) is 2. The number of nitrogens with zero attached hydrogens (tertiary/aromatic N) is 4. The summed E-state index contributed by atoms with van der Waals surface area (Å²) in [4.78, 5) is 7.99. The summed E-state index contributed by atoms with van der Waals surface area (Å²) in [6.45, 7) is 0. The molecule has 0 saturated carbocycles. The third-order valence-electron chi connectivity index (χ3n) is 2.22. The van der Waals surface area contributed by atoms with E-state index in [4.69, 9.17) is 5.73 Å². The van der Waals surface area contributed by atoms with Gasteiger partial charge in [-0.3, -0.25) is 5.10 Å². The summed E-state index contributed by atoms with van der Waals surface area (Å²) in [5.74, 6) is 1.14. The maximum absolute atomic E-state index is 5.78. The van der Waals surface area contributed by atoms with E-state index in [1.807, 2.05) is 29.1 Å². The van der Waals surface area contributed by atoms with E-state index < -0.39 is 0 Å². The largest absolute Gasteiger partial charge is 0.383 e. The van der Waals surface area contributed by atoms with E-state index in [1.165, 1.54) is 6.33 Å². The topological polar surface area (TPSA) is 85.4 Å². The summed E-state index contributed by atoms with van der Waals surface area (Å²) in [6.07, 6.45) is 5.19. The molecule has 3 rings (SSSR count). The van der Waals surface area contributed by atoms with Crippen LogP contribution in [0.5, 0.6) is 0 Å². The zero-order valence-corrected chi connectivity index (χ0v) is 7.75. The number of rotatable bonds is 1. The molecule has 0 aliphatic carbocycles. The summed E-state index contributed by atoms with van der Waals surface area (Å²) >= 11 is 0. The molecule has 0 aromatic carbocycles. The van der Waals surface area contributed by atoms with Crippen LogP contribution >= 0.6 is 0 Å². The Kier molecular flexibility index (Phi) is 1.49. The molecule has 0 aliphatic rings. The number of anilines is 1. The maximum Gasteiger partial charge on any atom is 0.171 e. The van der Waals surface area contributed by atoms with Crippen molar-refractivity contribution in [1.29, 1.82) is 0 Å². The lowest BCUT2D eigenvalue weighted by molar-refractivity contribution is 0.973. The fourth-order valence-corrected chi connectivity index (χ4v) is 1.53. The number of fused-ring (bicyclic) bond motifs is 1. The minimum absolute atomic E-state index is 0.428. The van der Waals surface area contributed by atoms with Crippen molar-refractivity contribution in [1.82, 2.24) is 24.7 Å².